The highest BCUT2D eigenvalue weighted by Gasteiger charge is 2.34. The molecule has 2 atom stereocenters. The van der Waals surface area contributed by atoms with Crippen molar-refractivity contribution in [2.24, 2.45) is 4.99 Å². The van der Waals surface area contributed by atoms with Gasteiger partial charge in [0, 0.05) is 17.5 Å². The molecule has 0 radical (unpaired) electrons. The van der Waals surface area contributed by atoms with E-state index in [1.54, 1.807) is 4.90 Å². The second kappa shape index (κ2) is 12.8. The zero-order valence-electron chi connectivity index (χ0n) is 24.2. The number of aromatic nitrogens is 3. The molecule has 1 N–H and O–H groups in total. The van der Waals surface area contributed by atoms with Gasteiger partial charge < -0.3 is 10.1 Å². The van der Waals surface area contributed by atoms with E-state index in [1.165, 1.54) is 47.0 Å². The van der Waals surface area contributed by atoms with Crippen LogP contribution in [0.15, 0.2) is 84.1 Å². The summed E-state index contributed by atoms with van der Waals surface area (Å²) in [5.74, 6) is 0.379. The number of urea groups is 1. The van der Waals surface area contributed by atoms with Crippen LogP contribution < -0.4 is 15.0 Å². The van der Waals surface area contributed by atoms with E-state index in [-0.39, 0.29) is 29.4 Å². The van der Waals surface area contributed by atoms with Crippen LogP contribution in [0.4, 0.5) is 23.7 Å². The Morgan fingerprint density at radius 3 is 2.56 bits per heavy atom. The predicted octanol–water partition coefficient (Wildman–Crippen LogP) is 6.88. The number of para-hydroxylation sites is 1. The number of benzene rings is 3. The second-order valence-corrected chi connectivity index (χ2v) is 11.6. The number of amides is 3. The van der Waals surface area contributed by atoms with Crippen molar-refractivity contribution in [3.8, 4) is 22.8 Å². The summed E-state index contributed by atoms with van der Waals surface area (Å²) < 4.78 is 42.7. The van der Waals surface area contributed by atoms with Gasteiger partial charge in [-0.1, -0.05) is 67.6 Å². The predicted molar refractivity (Wildman–Crippen MR) is 166 cm³/mol. The molecule has 45 heavy (non-hydrogen) atoms. The van der Waals surface area contributed by atoms with Crippen molar-refractivity contribution in [2.45, 2.75) is 50.9 Å². The molecular weight excluding hydrogens is 605 g/mol. The first-order chi connectivity index (χ1) is 21.7. The second-order valence-electron chi connectivity index (χ2n) is 10.7. The number of nitrogens with zero attached hydrogens (tertiary/aromatic N) is 5. The van der Waals surface area contributed by atoms with Gasteiger partial charge in [-0.15, -0.1) is 18.3 Å². The number of aryl methyl sites for hydroxylation is 1. The SMILES string of the molecule is CCc1ccccc1N1C(=O)CS/C1=N\C(=O)NC1CCCC1c1ccc(-c2ncn(-c3ccc(OC(F)(F)F)cc3)n2)cc1. The Labute approximate surface area is 261 Å². The molecule has 1 aliphatic heterocycles. The van der Waals surface area contributed by atoms with Crippen molar-refractivity contribution in [1.29, 1.82) is 0 Å². The Morgan fingerprint density at radius 2 is 1.82 bits per heavy atom. The van der Waals surface area contributed by atoms with Crippen LogP contribution in [0.3, 0.4) is 0 Å². The van der Waals surface area contributed by atoms with Crippen LogP contribution in [-0.2, 0) is 11.2 Å². The molecule has 1 saturated heterocycles. The molecule has 1 saturated carbocycles. The lowest BCUT2D eigenvalue weighted by Crippen LogP contribution is -2.37. The fourth-order valence-electron chi connectivity index (χ4n) is 5.72. The number of halogens is 3. The van der Waals surface area contributed by atoms with E-state index in [9.17, 15) is 22.8 Å². The number of rotatable bonds is 7. The molecule has 232 valence electrons. The van der Waals surface area contributed by atoms with Crippen molar-refractivity contribution in [3.05, 3.63) is 90.3 Å². The maximum Gasteiger partial charge on any atom is 0.573 e. The van der Waals surface area contributed by atoms with Crippen LogP contribution in [0.1, 0.15) is 43.2 Å². The van der Waals surface area contributed by atoms with Gasteiger partial charge in [-0.2, -0.15) is 4.99 Å². The lowest BCUT2D eigenvalue weighted by molar-refractivity contribution is -0.274. The van der Waals surface area contributed by atoms with Crippen molar-refractivity contribution in [1.82, 2.24) is 20.1 Å². The van der Waals surface area contributed by atoms with Gasteiger partial charge in [0.25, 0.3) is 0 Å². The largest absolute Gasteiger partial charge is 0.573 e. The summed E-state index contributed by atoms with van der Waals surface area (Å²) in [6, 6.07) is 20.3. The highest BCUT2D eigenvalue weighted by Crippen LogP contribution is 2.36. The summed E-state index contributed by atoms with van der Waals surface area (Å²) in [5.41, 5.74) is 4.14. The quantitative estimate of drug-likeness (QED) is 0.238. The van der Waals surface area contributed by atoms with Gasteiger partial charge in [-0.25, -0.2) is 14.5 Å². The van der Waals surface area contributed by atoms with E-state index in [1.807, 2.05) is 55.5 Å². The van der Waals surface area contributed by atoms with Crippen molar-refractivity contribution >= 4 is 34.6 Å². The molecule has 2 aliphatic rings. The molecule has 3 aromatic carbocycles. The number of aliphatic imine (C=N–C) groups is 1. The molecule has 3 amide bonds. The van der Waals surface area contributed by atoms with E-state index in [0.717, 1.165) is 48.1 Å². The first kappa shape index (κ1) is 30.4. The van der Waals surface area contributed by atoms with Crippen molar-refractivity contribution in [2.75, 3.05) is 10.7 Å². The van der Waals surface area contributed by atoms with Gasteiger partial charge in [0.2, 0.25) is 5.91 Å². The topological polar surface area (TPSA) is 102 Å². The molecule has 0 bridgehead atoms. The summed E-state index contributed by atoms with van der Waals surface area (Å²) in [6.45, 7) is 2.02. The zero-order chi connectivity index (χ0) is 31.6. The Kier molecular flexibility index (Phi) is 8.61. The Balaban J connectivity index is 1.12. The summed E-state index contributed by atoms with van der Waals surface area (Å²) in [4.78, 5) is 36.0. The third-order valence-corrected chi connectivity index (χ3v) is 8.75. The third kappa shape index (κ3) is 6.88. The normalized spacial score (nSPS) is 19.3. The van der Waals surface area contributed by atoms with E-state index in [2.05, 4.69) is 25.1 Å². The third-order valence-electron chi connectivity index (χ3n) is 7.82. The molecule has 2 fully saturated rings. The van der Waals surface area contributed by atoms with Crippen LogP contribution in [-0.4, -0.2) is 50.0 Å². The zero-order valence-corrected chi connectivity index (χ0v) is 25.0. The minimum absolute atomic E-state index is 0.0981. The van der Waals surface area contributed by atoms with Crippen LogP contribution in [0.5, 0.6) is 5.75 Å². The van der Waals surface area contributed by atoms with Crippen LogP contribution in [0, 0.1) is 0 Å². The molecule has 13 heteroatoms. The van der Waals surface area contributed by atoms with Gasteiger partial charge in [0.15, 0.2) is 11.0 Å². The molecule has 4 aromatic rings. The van der Waals surface area contributed by atoms with E-state index in [0.29, 0.717) is 16.7 Å². The summed E-state index contributed by atoms with van der Waals surface area (Å²) in [7, 11) is 0. The molecule has 1 aliphatic carbocycles. The highest BCUT2D eigenvalue weighted by atomic mass is 32.2. The average molecular weight is 635 g/mol. The summed E-state index contributed by atoms with van der Waals surface area (Å²) in [6.07, 6.45) is 0.164. The fourth-order valence-corrected chi connectivity index (χ4v) is 6.58. The number of nitrogens with one attached hydrogen (secondary N) is 1. The number of carbonyl (C=O) groups excluding carboxylic acids is 2. The molecular formula is C32H29F3N6O3S. The Bertz CT molecular complexity index is 1720. The maximum atomic E-state index is 13.1. The number of hydrogen-bond donors (Lipinski definition) is 1. The smallest absolute Gasteiger partial charge is 0.406 e. The highest BCUT2D eigenvalue weighted by molar-refractivity contribution is 8.15. The number of anilines is 1. The van der Waals surface area contributed by atoms with Gasteiger partial charge in [-0.05, 0) is 60.7 Å². The summed E-state index contributed by atoms with van der Waals surface area (Å²) in [5, 5.41) is 7.93. The summed E-state index contributed by atoms with van der Waals surface area (Å²) >= 11 is 1.26. The lowest BCUT2D eigenvalue weighted by atomic mass is 9.93. The molecule has 1 aromatic heterocycles. The number of hydrogen-bond acceptors (Lipinski definition) is 6. The number of carbonyl (C=O) groups is 2. The maximum absolute atomic E-state index is 13.1. The van der Waals surface area contributed by atoms with Gasteiger partial charge >= 0.3 is 12.4 Å². The van der Waals surface area contributed by atoms with Crippen LogP contribution >= 0.6 is 11.8 Å². The lowest BCUT2D eigenvalue weighted by Gasteiger charge is -2.22. The Morgan fingerprint density at radius 1 is 1.07 bits per heavy atom. The van der Waals surface area contributed by atoms with Gasteiger partial charge in [0.05, 0.1) is 17.1 Å². The van der Waals surface area contributed by atoms with E-state index >= 15 is 0 Å². The number of amidine groups is 1. The number of thioether (sulfide) groups is 1. The minimum atomic E-state index is -4.76. The molecule has 2 heterocycles. The molecule has 6 rings (SSSR count). The molecule has 2 unspecified atom stereocenters. The van der Waals surface area contributed by atoms with Crippen LogP contribution in [0.2, 0.25) is 0 Å². The number of ether oxygens (including phenoxy) is 1. The fraction of sp³-hybridized carbons (Fsp3) is 0.281. The monoisotopic (exact) mass is 634 g/mol. The number of alkyl halides is 3. The molecule has 9 nitrogen and oxygen atoms in total. The van der Waals surface area contributed by atoms with Gasteiger partial charge in [0.1, 0.15) is 12.1 Å². The first-order valence-corrected chi connectivity index (χ1v) is 15.5. The van der Waals surface area contributed by atoms with Gasteiger partial charge in [-0.3, -0.25) is 9.69 Å². The minimum Gasteiger partial charge on any atom is -0.406 e. The average Bonchev–Trinajstić information content (AvgIpc) is 3.78. The first-order valence-electron chi connectivity index (χ1n) is 14.5. The standard InChI is InChI=1S/C32H29F3N6O3S/c1-2-20-6-3-4-9-27(20)41-28(42)18-45-31(41)38-30(43)37-26-8-5-7-25(26)21-10-12-22(13-11-21)29-36-19-40(39-29)23-14-16-24(17-15-23)44-32(33,34)35/h3-4,6,9-17,19,25-26H,2,5,7-8,18H2,1H3,(H,37,43)/b38-31-. The van der Waals surface area contributed by atoms with E-state index in [4.69, 9.17) is 0 Å². The van der Waals surface area contributed by atoms with Crippen molar-refractivity contribution in [3.63, 3.8) is 0 Å². The molecule has 0 spiro atoms. The van der Waals surface area contributed by atoms with E-state index < -0.39 is 12.4 Å². The van der Waals surface area contributed by atoms with Crippen LogP contribution in [0.25, 0.3) is 17.1 Å². The Hall–Kier alpha value is -4.65. The van der Waals surface area contributed by atoms with Crippen molar-refractivity contribution < 1.29 is 27.5 Å².